The molecule has 0 aliphatic rings. The Hall–Kier alpha value is -2.78. The molecule has 1 aromatic heterocycles. The topological polar surface area (TPSA) is 58.3 Å². The molecule has 0 amide bonds. The number of ether oxygens (including phenoxy) is 1. The number of aromatic nitrogens is 1. The van der Waals surface area contributed by atoms with Crippen LogP contribution in [0, 0.1) is 11.3 Å². The number of benzene rings is 2. The third kappa shape index (κ3) is 2.95. The lowest BCUT2D eigenvalue weighted by Gasteiger charge is -2.17. The molecule has 0 saturated carbocycles. The first-order valence-electron chi connectivity index (χ1n) is 8.31. The lowest BCUT2D eigenvalue weighted by atomic mass is 10.1. The van der Waals surface area contributed by atoms with Crippen LogP contribution < -0.4 is 9.04 Å². The van der Waals surface area contributed by atoms with E-state index in [0.717, 1.165) is 33.6 Å². The fourth-order valence-corrected chi connectivity index (χ4v) is 3.88. The van der Waals surface area contributed by atoms with Crippen LogP contribution in [0.1, 0.15) is 12.5 Å². The molecule has 0 aliphatic carbocycles. The summed E-state index contributed by atoms with van der Waals surface area (Å²) in [6.07, 6.45) is 0. The van der Waals surface area contributed by atoms with E-state index in [1.54, 1.807) is 11.4 Å². The molecule has 0 bridgehead atoms. The summed E-state index contributed by atoms with van der Waals surface area (Å²) >= 11 is 0. The molecule has 0 spiro atoms. The van der Waals surface area contributed by atoms with Gasteiger partial charge in [0.2, 0.25) is 0 Å². The number of methoxy groups -OCH3 is 1. The van der Waals surface area contributed by atoms with E-state index in [9.17, 15) is 9.47 Å². The number of hydrogen-bond acceptors (Lipinski definition) is 3. The van der Waals surface area contributed by atoms with Crippen molar-refractivity contribution >= 4 is 27.6 Å². The van der Waals surface area contributed by atoms with E-state index >= 15 is 0 Å². The summed E-state index contributed by atoms with van der Waals surface area (Å²) in [5, 5.41) is 10.6. The molecule has 5 nitrogen and oxygen atoms in total. The van der Waals surface area contributed by atoms with E-state index in [2.05, 4.69) is 6.07 Å². The molecular formula is C20H21N3O2S. The largest absolute Gasteiger partial charge is 0.497 e. The summed E-state index contributed by atoms with van der Waals surface area (Å²) in [4.78, 5) is 0. The van der Waals surface area contributed by atoms with Crippen LogP contribution in [0.3, 0.4) is 0 Å². The molecule has 0 saturated heterocycles. The number of nitrogens with zero attached hydrogens (tertiary/aromatic N) is 3. The first-order chi connectivity index (χ1) is 12.5. The Bertz CT molecular complexity index is 1020. The fraction of sp³-hybridized carbons (Fsp3) is 0.250. The average Bonchev–Trinajstić information content (AvgIpc) is 2.98. The van der Waals surface area contributed by atoms with Gasteiger partial charge in [-0.2, -0.15) is 5.26 Å². The number of hydrogen-bond donors (Lipinski definition) is 0. The third-order valence-electron chi connectivity index (χ3n) is 4.58. The molecule has 1 atom stereocenters. The summed E-state index contributed by atoms with van der Waals surface area (Å²) in [5.74, 6) is 1.33. The summed E-state index contributed by atoms with van der Waals surface area (Å²) in [7, 11) is 4.36. The molecule has 6 heteroatoms. The first-order valence-corrected chi connectivity index (χ1v) is 9.58. The minimum Gasteiger partial charge on any atom is -0.497 e. The Kier molecular flexibility index (Phi) is 5.01. The molecule has 2 aromatic carbocycles. The number of rotatable bonds is 5. The van der Waals surface area contributed by atoms with Gasteiger partial charge < -0.3 is 9.30 Å². The zero-order valence-electron chi connectivity index (χ0n) is 15.3. The summed E-state index contributed by atoms with van der Waals surface area (Å²) in [6.45, 7) is 1.89. The molecular weight excluding hydrogens is 346 g/mol. The van der Waals surface area contributed by atoms with Crippen molar-refractivity contribution in [3.8, 4) is 23.1 Å². The van der Waals surface area contributed by atoms with E-state index in [1.165, 1.54) is 0 Å². The van der Waals surface area contributed by atoms with Crippen LogP contribution in [0.25, 0.3) is 22.2 Å². The van der Waals surface area contributed by atoms with Gasteiger partial charge in [-0.05, 0) is 29.8 Å². The molecule has 3 aromatic rings. The van der Waals surface area contributed by atoms with Gasteiger partial charge in [0.05, 0.1) is 23.9 Å². The van der Waals surface area contributed by atoms with Crippen LogP contribution >= 0.6 is 0 Å². The maximum absolute atomic E-state index is 12.0. The van der Waals surface area contributed by atoms with Crippen molar-refractivity contribution in [1.29, 1.82) is 5.26 Å². The summed E-state index contributed by atoms with van der Waals surface area (Å²) < 4.78 is 21.1. The highest BCUT2D eigenvalue weighted by Gasteiger charge is 2.17. The standard InChI is InChI=1S/C20H21N3O2S/c1-5-26(24)23(3)15-8-6-14(7-9-15)20-18(13-21)17-11-10-16(25-4)12-19(17)22(20)2/h6-12H,5H2,1-4H3. The van der Waals surface area contributed by atoms with Gasteiger partial charge in [0, 0.05) is 37.0 Å². The second kappa shape index (κ2) is 7.22. The van der Waals surface area contributed by atoms with Gasteiger partial charge in [-0.15, -0.1) is 0 Å². The van der Waals surface area contributed by atoms with Crippen LogP contribution in [0.15, 0.2) is 42.5 Å². The quantitative estimate of drug-likeness (QED) is 0.688. The van der Waals surface area contributed by atoms with E-state index in [0.29, 0.717) is 11.3 Å². The van der Waals surface area contributed by atoms with Gasteiger partial charge in [-0.1, -0.05) is 19.1 Å². The molecule has 1 unspecified atom stereocenters. The second-order valence-corrected chi connectivity index (χ2v) is 7.70. The molecule has 0 fully saturated rings. The van der Waals surface area contributed by atoms with E-state index in [4.69, 9.17) is 4.74 Å². The molecule has 3 rings (SSSR count). The van der Waals surface area contributed by atoms with Crippen molar-refractivity contribution < 1.29 is 8.95 Å². The minimum absolute atomic E-state index is 0.571. The monoisotopic (exact) mass is 367 g/mol. The molecule has 0 aliphatic heterocycles. The Balaban J connectivity index is 2.12. The molecule has 1 heterocycles. The minimum atomic E-state index is -1.04. The summed E-state index contributed by atoms with van der Waals surface area (Å²) in [5.41, 5.74) is 4.28. The Morgan fingerprint density at radius 3 is 2.50 bits per heavy atom. The lowest BCUT2D eigenvalue weighted by molar-refractivity contribution is 0.415. The van der Waals surface area contributed by atoms with E-state index < -0.39 is 11.0 Å². The summed E-state index contributed by atoms with van der Waals surface area (Å²) in [6, 6.07) is 15.9. The molecule has 134 valence electrons. The SMILES string of the molecule is CCS(=O)N(C)c1ccc(-c2c(C#N)c3ccc(OC)cc3n2C)cc1. The predicted octanol–water partition coefficient (Wildman–Crippen LogP) is 3.85. The van der Waals surface area contributed by atoms with Gasteiger partial charge in [0.15, 0.2) is 0 Å². The number of anilines is 1. The second-order valence-electron chi connectivity index (χ2n) is 5.93. The number of aryl methyl sites for hydroxylation is 1. The smallest absolute Gasteiger partial charge is 0.120 e. The lowest BCUT2D eigenvalue weighted by Crippen LogP contribution is -2.21. The fourth-order valence-electron chi connectivity index (χ4n) is 3.13. The highest BCUT2D eigenvalue weighted by atomic mass is 32.2. The van der Waals surface area contributed by atoms with Gasteiger partial charge in [-0.3, -0.25) is 4.31 Å². The van der Waals surface area contributed by atoms with Gasteiger partial charge in [0.1, 0.15) is 22.8 Å². The van der Waals surface area contributed by atoms with Crippen molar-refractivity contribution in [2.75, 3.05) is 24.2 Å². The van der Waals surface area contributed by atoms with Gasteiger partial charge in [0.25, 0.3) is 0 Å². The van der Waals surface area contributed by atoms with Crippen LogP contribution in [0.5, 0.6) is 5.75 Å². The third-order valence-corrected chi connectivity index (χ3v) is 5.89. The normalized spacial score (nSPS) is 12.0. The maximum atomic E-state index is 12.0. The van der Waals surface area contributed by atoms with Crippen molar-refractivity contribution in [1.82, 2.24) is 4.57 Å². The zero-order chi connectivity index (χ0) is 18.8. The Labute approximate surface area is 156 Å². The molecule has 0 radical (unpaired) electrons. The van der Waals surface area contributed by atoms with Crippen LogP contribution in [0.4, 0.5) is 5.69 Å². The molecule has 0 N–H and O–H groups in total. The van der Waals surface area contributed by atoms with Gasteiger partial charge >= 0.3 is 0 Å². The highest BCUT2D eigenvalue weighted by molar-refractivity contribution is 7.86. The Morgan fingerprint density at radius 1 is 1.23 bits per heavy atom. The zero-order valence-corrected chi connectivity index (χ0v) is 16.1. The predicted molar refractivity (Wildman–Crippen MR) is 107 cm³/mol. The van der Waals surface area contributed by atoms with Gasteiger partial charge in [-0.25, -0.2) is 4.21 Å². The van der Waals surface area contributed by atoms with Crippen LogP contribution in [-0.4, -0.2) is 28.7 Å². The maximum Gasteiger partial charge on any atom is 0.120 e. The number of fused-ring (bicyclic) bond motifs is 1. The number of nitriles is 1. The van der Waals surface area contributed by atoms with E-state index in [-0.39, 0.29) is 0 Å². The average molecular weight is 367 g/mol. The van der Waals surface area contributed by atoms with Crippen molar-refractivity contribution in [3.63, 3.8) is 0 Å². The first kappa shape index (κ1) is 18.0. The van der Waals surface area contributed by atoms with Crippen molar-refractivity contribution in [3.05, 3.63) is 48.0 Å². The van der Waals surface area contributed by atoms with E-state index in [1.807, 2.05) is 68.1 Å². The van der Waals surface area contributed by atoms with Crippen molar-refractivity contribution in [2.45, 2.75) is 6.92 Å². The van der Waals surface area contributed by atoms with Crippen LogP contribution in [0.2, 0.25) is 0 Å². The van der Waals surface area contributed by atoms with Crippen LogP contribution in [-0.2, 0) is 18.0 Å². The molecule has 26 heavy (non-hydrogen) atoms. The Morgan fingerprint density at radius 2 is 1.92 bits per heavy atom. The highest BCUT2D eigenvalue weighted by Crippen LogP contribution is 2.35. The van der Waals surface area contributed by atoms with Crippen molar-refractivity contribution in [2.24, 2.45) is 7.05 Å².